The van der Waals surface area contributed by atoms with Crippen molar-refractivity contribution in [3.8, 4) is 5.88 Å². The minimum absolute atomic E-state index is 0.317. The van der Waals surface area contributed by atoms with Crippen molar-refractivity contribution in [1.82, 2.24) is 4.98 Å². The van der Waals surface area contributed by atoms with Gasteiger partial charge in [-0.3, -0.25) is 0 Å². The number of aromatic nitrogens is 1. The predicted molar refractivity (Wildman–Crippen MR) is 51.4 cm³/mol. The molecule has 0 spiro atoms. The van der Waals surface area contributed by atoms with Gasteiger partial charge in [0.25, 0.3) is 0 Å². The Morgan fingerprint density at radius 3 is 2.75 bits per heavy atom. The van der Waals surface area contributed by atoms with Crippen LogP contribution in [0.5, 0.6) is 5.88 Å². The summed E-state index contributed by atoms with van der Waals surface area (Å²) in [6, 6.07) is 1.84. The van der Waals surface area contributed by atoms with Crippen LogP contribution in [0.25, 0.3) is 0 Å². The molecule has 0 radical (unpaired) electrons. The Balaban J connectivity index is 3.29. The fourth-order valence-corrected chi connectivity index (χ4v) is 1.24. The van der Waals surface area contributed by atoms with Gasteiger partial charge in [-0.15, -0.1) is 0 Å². The second-order valence-corrected chi connectivity index (χ2v) is 2.82. The molecule has 12 heavy (non-hydrogen) atoms. The van der Waals surface area contributed by atoms with Crippen LogP contribution in [0.2, 0.25) is 0 Å². The number of hydrogen-bond donors (Lipinski definition) is 1. The molecule has 0 saturated heterocycles. The number of aryl methyl sites for hydroxylation is 1. The zero-order chi connectivity index (χ0) is 9.14. The lowest BCUT2D eigenvalue weighted by molar-refractivity contribution is 0.396. The summed E-state index contributed by atoms with van der Waals surface area (Å²) in [6.45, 7) is 1.92. The molecule has 4 heteroatoms. The molecule has 0 aliphatic carbocycles. The van der Waals surface area contributed by atoms with Gasteiger partial charge in [-0.1, -0.05) is 12.2 Å². The largest absolute Gasteiger partial charge is 0.480 e. The number of nitrogens with two attached hydrogens (primary N) is 1. The average molecular weight is 182 g/mol. The summed E-state index contributed by atoms with van der Waals surface area (Å²) in [5, 5.41) is 0. The van der Waals surface area contributed by atoms with Gasteiger partial charge in [0.15, 0.2) is 0 Å². The van der Waals surface area contributed by atoms with E-state index in [4.69, 9.17) is 22.7 Å². The normalized spacial score (nSPS) is 9.50. The molecule has 64 valence electrons. The van der Waals surface area contributed by atoms with E-state index in [1.165, 1.54) is 0 Å². The molecule has 0 fully saturated rings. The van der Waals surface area contributed by atoms with E-state index in [1.54, 1.807) is 13.3 Å². The summed E-state index contributed by atoms with van der Waals surface area (Å²) < 4.78 is 5.01. The van der Waals surface area contributed by atoms with E-state index < -0.39 is 0 Å². The number of ether oxygens (including phenoxy) is 1. The second kappa shape index (κ2) is 3.49. The van der Waals surface area contributed by atoms with Crippen LogP contribution < -0.4 is 10.5 Å². The van der Waals surface area contributed by atoms with Crippen molar-refractivity contribution in [3.63, 3.8) is 0 Å². The number of pyridine rings is 1. The lowest BCUT2D eigenvalue weighted by Gasteiger charge is -2.07. The maximum absolute atomic E-state index is 5.50. The van der Waals surface area contributed by atoms with Gasteiger partial charge in [0, 0.05) is 6.20 Å². The highest BCUT2D eigenvalue weighted by Gasteiger charge is 2.08. The smallest absolute Gasteiger partial charge is 0.223 e. The Morgan fingerprint density at radius 1 is 1.67 bits per heavy atom. The minimum atomic E-state index is 0.317. The first-order valence-electron chi connectivity index (χ1n) is 3.46. The third kappa shape index (κ3) is 1.53. The van der Waals surface area contributed by atoms with E-state index in [9.17, 15) is 0 Å². The molecule has 0 unspecified atom stereocenters. The Hall–Kier alpha value is -1.16. The van der Waals surface area contributed by atoms with Crippen molar-refractivity contribution in [2.45, 2.75) is 6.92 Å². The molecule has 1 rings (SSSR count). The molecule has 0 aliphatic rings. The fraction of sp³-hybridized carbons (Fsp3) is 0.250. The van der Waals surface area contributed by atoms with Crippen LogP contribution in [0.3, 0.4) is 0 Å². The van der Waals surface area contributed by atoms with Crippen LogP contribution in [-0.4, -0.2) is 17.1 Å². The molecular formula is C8H10N2OS. The number of rotatable bonds is 2. The Kier molecular flexibility index (Phi) is 2.60. The van der Waals surface area contributed by atoms with Crippen LogP contribution in [0.4, 0.5) is 0 Å². The van der Waals surface area contributed by atoms with Gasteiger partial charge in [-0.05, 0) is 18.6 Å². The maximum Gasteiger partial charge on any atom is 0.223 e. The van der Waals surface area contributed by atoms with Gasteiger partial charge < -0.3 is 10.5 Å². The zero-order valence-electron chi connectivity index (χ0n) is 7.00. The lowest BCUT2D eigenvalue weighted by Crippen LogP contribution is -2.13. The van der Waals surface area contributed by atoms with Crippen molar-refractivity contribution >= 4 is 17.2 Å². The van der Waals surface area contributed by atoms with Crippen molar-refractivity contribution in [3.05, 3.63) is 23.4 Å². The van der Waals surface area contributed by atoms with Gasteiger partial charge in [0.05, 0.1) is 12.7 Å². The maximum atomic E-state index is 5.50. The number of hydrogen-bond acceptors (Lipinski definition) is 3. The first-order chi connectivity index (χ1) is 5.66. The molecule has 2 N–H and O–H groups in total. The van der Waals surface area contributed by atoms with Gasteiger partial charge in [-0.2, -0.15) is 0 Å². The minimum Gasteiger partial charge on any atom is -0.480 e. The van der Waals surface area contributed by atoms with Crippen LogP contribution in [0.15, 0.2) is 12.3 Å². The molecule has 1 heterocycles. The van der Waals surface area contributed by atoms with Crippen LogP contribution in [-0.2, 0) is 0 Å². The molecule has 0 saturated carbocycles. The Bertz CT molecular complexity index is 312. The summed E-state index contributed by atoms with van der Waals surface area (Å²) in [4.78, 5) is 4.31. The Morgan fingerprint density at radius 2 is 2.33 bits per heavy atom. The molecule has 0 aromatic carbocycles. The highest BCUT2D eigenvalue weighted by atomic mass is 32.1. The molecule has 0 amide bonds. The van der Waals surface area contributed by atoms with Crippen LogP contribution >= 0.6 is 12.2 Å². The molecule has 0 bridgehead atoms. The molecular weight excluding hydrogens is 172 g/mol. The number of thiocarbonyl (C=S) groups is 1. The highest BCUT2D eigenvalue weighted by molar-refractivity contribution is 7.80. The summed E-state index contributed by atoms with van der Waals surface area (Å²) in [5.41, 5.74) is 7.20. The summed E-state index contributed by atoms with van der Waals surface area (Å²) in [5.74, 6) is 0.488. The van der Waals surface area contributed by atoms with E-state index >= 15 is 0 Å². The molecule has 1 aromatic heterocycles. The van der Waals surface area contributed by atoms with Gasteiger partial charge in [0.1, 0.15) is 4.99 Å². The molecule has 1 aromatic rings. The van der Waals surface area contributed by atoms with Crippen molar-refractivity contribution in [1.29, 1.82) is 0 Å². The molecule has 0 aliphatic heterocycles. The van der Waals surface area contributed by atoms with Crippen LogP contribution in [0.1, 0.15) is 11.1 Å². The Labute approximate surface area is 76.6 Å². The SMILES string of the molecule is COc1nccc(C)c1C(N)=S. The zero-order valence-corrected chi connectivity index (χ0v) is 7.81. The van der Waals surface area contributed by atoms with Crippen molar-refractivity contribution in [2.24, 2.45) is 5.73 Å². The third-order valence-electron chi connectivity index (χ3n) is 1.56. The molecule has 0 atom stereocenters. The van der Waals surface area contributed by atoms with E-state index in [-0.39, 0.29) is 0 Å². The van der Waals surface area contributed by atoms with Crippen molar-refractivity contribution in [2.75, 3.05) is 7.11 Å². The second-order valence-electron chi connectivity index (χ2n) is 2.38. The lowest BCUT2D eigenvalue weighted by atomic mass is 10.1. The summed E-state index contributed by atoms with van der Waals surface area (Å²) >= 11 is 4.86. The van der Waals surface area contributed by atoms with Crippen LogP contribution in [0, 0.1) is 6.92 Å². The monoisotopic (exact) mass is 182 g/mol. The average Bonchev–Trinajstić information content (AvgIpc) is 2.03. The highest BCUT2D eigenvalue weighted by Crippen LogP contribution is 2.17. The molecule has 3 nitrogen and oxygen atoms in total. The number of nitrogens with zero attached hydrogens (tertiary/aromatic N) is 1. The van der Waals surface area contributed by atoms with Gasteiger partial charge >= 0.3 is 0 Å². The van der Waals surface area contributed by atoms with Gasteiger partial charge in [-0.25, -0.2) is 4.98 Å². The first-order valence-corrected chi connectivity index (χ1v) is 3.87. The third-order valence-corrected chi connectivity index (χ3v) is 1.77. The standard InChI is InChI=1S/C8H10N2OS/c1-5-3-4-10-8(11-2)6(5)7(9)12/h3-4H,1-2H3,(H2,9,12). The van der Waals surface area contributed by atoms with E-state index in [1.807, 2.05) is 13.0 Å². The van der Waals surface area contributed by atoms with E-state index in [2.05, 4.69) is 4.98 Å². The number of methoxy groups -OCH3 is 1. The summed E-state index contributed by atoms with van der Waals surface area (Å²) in [6.07, 6.45) is 1.66. The topological polar surface area (TPSA) is 48.1 Å². The van der Waals surface area contributed by atoms with E-state index in [0.29, 0.717) is 10.9 Å². The van der Waals surface area contributed by atoms with E-state index in [0.717, 1.165) is 11.1 Å². The fourth-order valence-electron chi connectivity index (χ4n) is 0.988. The summed E-state index contributed by atoms with van der Waals surface area (Å²) in [7, 11) is 1.55. The quantitative estimate of drug-likeness (QED) is 0.694. The van der Waals surface area contributed by atoms with Crippen molar-refractivity contribution < 1.29 is 4.74 Å². The predicted octanol–water partition coefficient (Wildman–Crippen LogP) is 1.03. The van der Waals surface area contributed by atoms with Gasteiger partial charge in [0.2, 0.25) is 5.88 Å². The first kappa shape index (κ1) is 8.93.